The molecular formula is C14H16F3NO3. The number of carbonyl (C=O) groups is 1. The number of hydrogen-bond donors (Lipinski definition) is 1. The van der Waals surface area contributed by atoms with E-state index >= 15 is 0 Å². The lowest BCUT2D eigenvalue weighted by Crippen LogP contribution is -2.18. The minimum absolute atomic E-state index is 0.107. The van der Waals surface area contributed by atoms with E-state index in [0.29, 0.717) is 12.5 Å². The van der Waals surface area contributed by atoms with Crippen LogP contribution in [0.3, 0.4) is 0 Å². The van der Waals surface area contributed by atoms with Gasteiger partial charge in [-0.2, -0.15) is 0 Å². The van der Waals surface area contributed by atoms with E-state index in [-0.39, 0.29) is 11.3 Å². The van der Waals surface area contributed by atoms with Crippen molar-refractivity contribution in [1.29, 1.82) is 0 Å². The zero-order valence-corrected chi connectivity index (χ0v) is 11.3. The highest BCUT2D eigenvalue weighted by Gasteiger charge is 2.32. The van der Waals surface area contributed by atoms with Gasteiger partial charge in [-0.25, -0.2) is 4.79 Å². The van der Waals surface area contributed by atoms with Gasteiger partial charge in [-0.3, -0.25) is 0 Å². The van der Waals surface area contributed by atoms with Crippen LogP contribution in [0.1, 0.15) is 36.0 Å². The SMILES string of the molecule is Nc1cc(C(=O)OCCC2CCC2)ccc1OC(F)(F)F. The third kappa shape index (κ3) is 4.54. The molecule has 0 amide bonds. The summed E-state index contributed by atoms with van der Waals surface area (Å²) in [6.07, 6.45) is -0.465. The van der Waals surface area contributed by atoms with Crippen LogP contribution in [0.25, 0.3) is 0 Å². The van der Waals surface area contributed by atoms with E-state index in [0.717, 1.165) is 31.4 Å². The van der Waals surface area contributed by atoms with Crippen molar-refractivity contribution in [3.05, 3.63) is 23.8 Å². The Hall–Kier alpha value is -1.92. The van der Waals surface area contributed by atoms with Crippen molar-refractivity contribution in [2.45, 2.75) is 32.0 Å². The predicted molar refractivity (Wildman–Crippen MR) is 69.8 cm³/mol. The number of halogens is 3. The van der Waals surface area contributed by atoms with Crippen molar-refractivity contribution in [2.75, 3.05) is 12.3 Å². The standard InChI is InChI=1S/C14H16F3NO3/c15-14(16,17)21-12-5-4-10(8-11(12)18)13(19)20-7-6-9-2-1-3-9/h4-5,8-9H,1-3,6-7,18H2. The maximum Gasteiger partial charge on any atom is 0.573 e. The Morgan fingerprint density at radius 2 is 2.05 bits per heavy atom. The van der Waals surface area contributed by atoms with Gasteiger partial charge in [0.1, 0.15) is 0 Å². The average Bonchev–Trinajstić information content (AvgIpc) is 2.33. The molecule has 7 heteroatoms. The van der Waals surface area contributed by atoms with Crippen molar-refractivity contribution in [3.8, 4) is 5.75 Å². The molecule has 0 aliphatic heterocycles. The van der Waals surface area contributed by atoms with Crippen LogP contribution < -0.4 is 10.5 Å². The molecule has 1 aliphatic carbocycles. The maximum atomic E-state index is 12.1. The first kappa shape index (κ1) is 15.5. The first-order valence-electron chi connectivity index (χ1n) is 6.67. The second kappa shape index (κ2) is 6.24. The number of nitrogens with two attached hydrogens (primary N) is 1. The number of esters is 1. The molecule has 0 bridgehead atoms. The van der Waals surface area contributed by atoms with Gasteiger partial charge in [0.15, 0.2) is 5.75 Å². The lowest BCUT2D eigenvalue weighted by atomic mass is 9.83. The molecule has 1 fully saturated rings. The molecule has 0 aromatic heterocycles. The quantitative estimate of drug-likeness (QED) is 0.668. The van der Waals surface area contributed by atoms with E-state index in [1.165, 1.54) is 12.5 Å². The number of carbonyl (C=O) groups excluding carboxylic acids is 1. The lowest BCUT2D eigenvalue weighted by Gasteiger charge is -2.24. The average molecular weight is 303 g/mol. The Bertz CT molecular complexity index is 513. The van der Waals surface area contributed by atoms with Crippen LogP contribution in [-0.4, -0.2) is 18.9 Å². The molecule has 0 radical (unpaired) electrons. The number of nitrogen functional groups attached to an aromatic ring is 1. The van der Waals surface area contributed by atoms with E-state index < -0.39 is 18.1 Å². The minimum Gasteiger partial charge on any atom is -0.462 e. The van der Waals surface area contributed by atoms with E-state index in [1.807, 2.05) is 0 Å². The van der Waals surface area contributed by atoms with E-state index in [2.05, 4.69) is 4.74 Å². The fourth-order valence-electron chi connectivity index (χ4n) is 2.08. The zero-order valence-electron chi connectivity index (χ0n) is 11.3. The van der Waals surface area contributed by atoms with Crippen molar-refractivity contribution >= 4 is 11.7 Å². The normalized spacial score (nSPS) is 15.4. The summed E-state index contributed by atoms with van der Waals surface area (Å²) in [6, 6.07) is 3.32. The highest BCUT2D eigenvalue weighted by atomic mass is 19.4. The third-order valence-corrected chi connectivity index (χ3v) is 3.46. The molecule has 1 saturated carbocycles. The Labute approximate surface area is 120 Å². The van der Waals surface area contributed by atoms with E-state index in [9.17, 15) is 18.0 Å². The summed E-state index contributed by atoms with van der Waals surface area (Å²) in [5.74, 6) is -0.515. The zero-order chi connectivity index (χ0) is 15.5. The number of alkyl halides is 3. The van der Waals surface area contributed by atoms with Gasteiger partial charge in [0.05, 0.1) is 17.9 Å². The summed E-state index contributed by atoms with van der Waals surface area (Å²) in [7, 11) is 0. The number of benzene rings is 1. The Morgan fingerprint density at radius 1 is 1.33 bits per heavy atom. The van der Waals surface area contributed by atoms with Crippen LogP contribution in [0.15, 0.2) is 18.2 Å². The highest BCUT2D eigenvalue weighted by Crippen LogP contribution is 2.30. The summed E-state index contributed by atoms with van der Waals surface area (Å²) < 4.78 is 45.1. The molecule has 2 N–H and O–H groups in total. The largest absolute Gasteiger partial charge is 0.573 e. The second-order valence-electron chi connectivity index (χ2n) is 5.02. The van der Waals surface area contributed by atoms with E-state index in [1.54, 1.807) is 0 Å². The summed E-state index contributed by atoms with van der Waals surface area (Å²) in [4.78, 5) is 11.7. The summed E-state index contributed by atoms with van der Waals surface area (Å²) in [5.41, 5.74) is 5.29. The van der Waals surface area contributed by atoms with Crippen molar-refractivity contribution in [1.82, 2.24) is 0 Å². The molecule has 0 saturated heterocycles. The van der Waals surface area contributed by atoms with Crippen molar-refractivity contribution in [3.63, 3.8) is 0 Å². The van der Waals surface area contributed by atoms with Gasteiger partial charge < -0.3 is 15.2 Å². The fourth-order valence-corrected chi connectivity index (χ4v) is 2.08. The van der Waals surface area contributed by atoms with Gasteiger partial charge in [0.25, 0.3) is 0 Å². The topological polar surface area (TPSA) is 61.6 Å². The molecule has 1 aromatic rings. The monoisotopic (exact) mass is 303 g/mol. The van der Waals surface area contributed by atoms with Gasteiger partial charge in [-0.15, -0.1) is 13.2 Å². The molecule has 21 heavy (non-hydrogen) atoms. The van der Waals surface area contributed by atoms with Gasteiger partial charge in [0, 0.05) is 0 Å². The number of hydrogen-bond acceptors (Lipinski definition) is 4. The molecule has 1 aromatic carbocycles. The Kier molecular flexibility index (Phi) is 4.59. The molecule has 2 rings (SSSR count). The van der Waals surface area contributed by atoms with Crippen molar-refractivity contribution < 1.29 is 27.4 Å². The highest BCUT2D eigenvalue weighted by molar-refractivity contribution is 5.91. The van der Waals surface area contributed by atoms with E-state index in [4.69, 9.17) is 10.5 Å². The molecule has 1 aliphatic rings. The smallest absolute Gasteiger partial charge is 0.462 e. The van der Waals surface area contributed by atoms with Crippen LogP contribution in [0.5, 0.6) is 5.75 Å². The number of ether oxygens (including phenoxy) is 2. The summed E-state index contributed by atoms with van der Waals surface area (Å²) >= 11 is 0. The molecular weight excluding hydrogens is 287 g/mol. The van der Waals surface area contributed by atoms with Gasteiger partial charge >= 0.3 is 12.3 Å². The first-order valence-corrected chi connectivity index (χ1v) is 6.67. The molecule has 4 nitrogen and oxygen atoms in total. The van der Waals surface area contributed by atoms with Gasteiger partial charge in [0.2, 0.25) is 0 Å². The van der Waals surface area contributed by atoms with Crippen LogP contribution in [0, 0.1) is 5.92 Å². The van der Waals surface area contributed by atoms with Gasteiger partial charge in [-0.05, 0) is 30.5 Å². The maximum absolute atomic E-state index is 12.1. The Balaban J connectivity index is 1.90. The molecule has 0 heterocycles. The lowest BCUT2D eigenvalue weighted by molar-refractivity contribution is -0.274. The molecule has 0 spiro atoms. The Morgan fingerprint density at radius 3 is 2.57 bits per heavy atom. The fraction of sp³-hybridized carbons (Fsp3) is 0.500. The van der Waals surface area contributed by atoms with Crippen LogP contribution >= 0.6 is 0 Å². The first-order chi connectivity index (χ1) is 9.85. The van der Waals surface area contributed by atoms with Crippen molar-refractivity contribution in [2.24, 2.45) is 5.92 Å². The third-order valence-electron chi connectivity index (χ3n) is 3.46. The van der Waals surface area contributed by atoms with Gasteiger partial charge in [-0.1, -0.05) is 19.3 Å². The predicted octanol–water partition coefficient (Wildman–Crippen LogP) is 3.51. The second-order valence-corrected chi connectivity index (χ2v) is 5.02. The van der Waals surface area contributed by atoms with Crippen LogP contribution in [0.2, 0.25) is 0 Å². The van der Waals surface area contributed by atoms with Crippen LogP contribution in [0.4, 0.5) is 18.9 Å². The summed E-state index contributed by atoms with van der Waals surface area (Å²) in [6.45, 7) is 0.310. The minimum atomic E-state index is -4.82. The molecule has 116 valence electrons. The van der Waals surface area contributed by atoms with Crippen LogP contribution in [-0.2, 0) is 4.74 Å². The molecule has 0 atom stereocenters. The molecule has 0 unspecified atom stereocenters. The number of rotatable bonds is 5. The summed E-state index contributed by atoms with van der Waals surface area (Å²) in [5, 5.41) is 0. The number of anilines is 1.